The molecule has 1 N–H and O–H groups in total. The van der Waals surface area contributed by atoms with Crippen LogP contribution in [-0.2, 0) is 42.0 Å². The van der Waals surface area contributed by atoms with Crippen molar-refractivity contribution in [2.75, 3.05) is 39.2 Å². The average molecular weight is 584 g/mol. The summed E-state index contributed by atoms with van der Waals surface area (Å²) < 4.78 is 37.1. The second-order valence-electron chi connectivity index (χ2n) is 10.7. The first kappa shape index (κ1) is 29.4. The molecule has 2 saturated heterocycles. The zero-order valence-corrected chi connectivity index (χ0v) is 24.1. The quantitative estimate of drug-likeness (QED) is 0.363. The lowest BCUT2D eigenvalue weighted by atomic mass is 10.0. The van der Waals surface area contributed by atoms with Gasteiger partial charge in [0.2, 0.25) is 0 Å². The first-order valence-corrected chi connectivity index (χ1v) is 16.0. The maximum atomic E-state index is 13.2. The lowest BCUT2D eigenvalue weighted by molar-refractivity contribution is -0.200. The molecule has 2 unspecified atom stereocenters. The third kappa shape index (κ3) is 7.60. The number of aryl methyl sites for hydroxylation is 1. The number of hydrogen-bond donors (Lipinski definition) is 1. The van der Waals surface area contributed by atoms with Gasteiger partial charge in [0, 0.05) is 57.0 Å². The van der Waals surface area contributed by atoms with Crippen LogP contribution in [0.4, 0.5) is 0 Å². The van der Waals surface area contributed by atoms with Crippen LogP contribution < -0.4 is 11.0 Å². The van der Waals surface area contributed by atoms with Crippen molar-refractivity contribution in [2.45, 2.75) is 50.3 Å². The van der Waals surface area contributed by atoms with Crippen molar-refractivity contribution in [3.05, 3.63) is 70.6 Å². The summed E-state index contributed by atoms with van der Waals surface area (Å²) in [6.45, 7) is 4.92. The van der Waals surface area contributed by atoms with E-state index in [0.717, 1.165) is 68.5 Å². The van der Waals surface area contributed by atoms with Gasteiger partial charge in [0.1, 0.15) is 5.25 Å². The summed E-state index contributed by atoms with van der Waals surface area (Å²) in [4.78, 5) is 33.6. The van der Waals surface area contributed by atoms with E-state index in [4.69, 9.17) is 14.3 Å². The van der Waals surface area contributed by atoms with Crippen molar-refractivity contribution in [1.82, 2.24) is 14.9 Å². The van der Waals surface area contributed by atoms with Gasteiger partial charge in [-0.2, -0.15) is 0 Å². The van der Waals surface area contributed by atoms with Crippen molar-refractivity contribution >= 4 is 26.5 Å². The van der Waals surface area contributed by atoms with Gasteiger partial charge in [-0.05, 0) is 59.5 Å². The molecular formula is C30H37N3O7S. The number of sulfone groups is 1. The number of benzene rings is 2. The number of hydroxylamine groups is 1. The van der Waals surface area contributed by atoms with Crippen LogP contribution in [-0.4, -0.2) is 74.5 Å². The van der Waals surface area contributed by atoms with Crippen LogP contribution in [0.1, 0.15) is 31.2 Å². The number of fused-ring (bicyclic) bond motifs is 1. The minimum Gasteiger partial charge on any atom is -0.379 e. The van der Waals surface area contributed by atoms with Gasteiger partial charge >= 0.3 is 0 Å². The number of rotatable bonds is 10. The summed E-state index contributed by atoms with van der Waals surface area (Å²) in [7, 11) is -3.75. The second-order valence-corrected chi connectivity index (χ2v) is 12.9. The number of aromatic nitrogens is 1. The number of carbonyl (C=O) groups is 1. The number of morpholine rings is 1. The number of ether oxygens (including phenoxy) is 2. The van der Waals surface area contributed by atoms with Crippen LogP contribution in [0.15, 0.2) is 59.5 Å². The number of nitrogens with one attached hydrogen (secondary N) is 1. The van der Waals surface area contributed by atoms with E-state index in [0.29, 0.717) is 18.4 Å². The summed E-state index contributed by atoms with van der Waals surface area (Å²) in [5.41, 5.74) is 5.31. The van der Waals surface area contributed by atoms with Gasteiger partial charge in [0.25, 0.3) is 11.5 Å². The molecule has 0 saturated carbocycles. The Balaban J connectivity index is 1.25. The Morgan fingerprint density at radius 2 is 1.80 bits per heavy atom. The van der Waals surface area contributed by atoms with Gasteiger partial charge < -0.3 is 14.0 Å². The van der Waals surface area contributed by atoms with E-state index in [1.165, 1.54) is 10.1 Å². The van der Waals surface area contributed by atoms with E-state index in [1.54, 1.807) is 12.3 Å². The summed E-state index contributed by atoms with van der Waals surface area (Å²) in [5, 5.41) is -0.0416. The largest absolute Gasteiger partial charge is 0.379 e. The number of pyridine rings is 1. The molecule has 0 radical (unpaired) electrons. The molecule has 2 aliphatic rings. The monoisotopic (exact) mass is 583 g/mol. The molecule has 220 valence electrons. The normalized spacial score (nSPS) is 19.2. The van der Waals surface area contributed by atoms with Gasteiger partial charge in [0.15, 0.2) is 16.1 Å². The second kappa shape index (κ2) is 13.3. The topological polar surface area (TPSA) is 116 Å². The molecule has 1 aromatic heterocycles. The van der Waals surface area contributed by atoms with Crippen LogP contribution in [0, 0.1) is 0 Å². The maximum Gasteiger partial charge on any atom is 0.262 e. The summed E-state index contributed by atoms with van der Waals surface area (Å²) in [5.74, 6) is -0.767. The van der Waals surface area contributed by atoms with Crippen molar-refractivity contribution in [1.29, 1.82) is 0 Å². The first-order valence-electron chi connectivity index (χ1n) is 14.1. The molecule has 0 bridgehead atoms. The lowest BCUT2D eigenvalue weighted by Gasteiger charge is -2.26. The fourth-order valence-electron chi connectivity index (χ4n) is 5.25. The zero-order chi connectivity index (χ0) is 28.8. The van der Waals surface area contributed by atoms with E-state index in [2.05, 4.69) is 34.6 Å². The average Bonchev–Trinajstić information content (AvgIpc) is 2.98. The molecule has 11 heteroatoms. The maximum absolute atomic E-state index is 13.2. The van der Waals surface area contributed by atoms with E-state index < -0.39 is 27.3 Å². The Hall–Kier alpha value is -3.09. The third-order valence-corrected chi connectivity index (χ3v) is 9.13. The predicted molar refractivity (Wildman–Crippen MR) is 156 cm³/mol. The molecule has 2 aliphatic heterocycles. The van der Waals surface area contributed by atoms with E-state index in [1.807, 2.05) is 18.2 Å². The Bertz CT molecular complexity index is 1510. The Morgan fingerprint density at radius 3 is 2.51 bits per heavy atom. The van der Waals surface area contributed by atoms with Crippen molar-refractivity contribution in [2.24, 2.45) is 0 Å². The smallest absolute Gasteiger partial charge is 0.262 e. The van der Waals surface area contributed by atoms with Crippen molar-refractivity contribution in [3.63, 3.8) is 0 Å². The highest BCUT2D eigenvalue weighted by Gasteiger charge is 2.30. The minimum atomic E-state index is -3.75. The van der Waals surface area contributed by atoms with Crippen LogP contribution in [0.2, 0.25) is 0 Å². The molecular weight excluding hydrogens is 546 g/mol. The van der Waals surface area contributed by atoms with E-state index >= 15 is 0 Å². The van der Waals surface area contributed by atoms with Crippen LogP contribution in [0.5, 0.6) is 0 Å². The summed E-state index contributed by atoms with van der Waals surface area (Å²) in [6.07, 6.45) is 4.44. The highest BCUT2D eigenvalue weighted by Crippen LogP contribution is 2.24. The molecule has 3 aromatic rings. The van der Waals surface area contributed by atoms with E-state index in [9.17, 15) is 18.0 Å². The molecule has 10 nitrogen and oxygen atoms in total. The minimum absolute atomic E-state index is 0.0617. The standard InChI is InChI=1S/C30H37N3O7S/c1-41(36,37)27(29(34)31-40-28-4-2-3-17-39-28)12-14-33-13-11-25-20-24(9-10-26(25)30(33)35)23-7-5-22(6-8-23)21-32-15-18-38-19-16-32/h5-11,13,20,27-28H,2-4,12,14-19,21H2,1H3,(H,31,34). The zero-order valence-electron chi connectivity index (χ0n) is 23.3. The Morgan fingerprint density at radius 1 is 1.05 bits per heavy atom. The third-order valence-electron chi connectivity index (χ3n) is 7.64. The lowest BCUT2D eigenvalue weighted by Crippen LogP contribution is -2.43. The van der Waals surface area contributed by atoms with Gasteiger partial charge in [0.05, 0.1) is 13.2 Å². The van der Waals surface area contributed by atoms with Gasteiger partial charge in [-0.3, -0.25) is 14.5 Å². The fraction of sp³-hybridized carbons (Fsp3) is 0.467. The number of hydrogen-bond acceptors (Lipinski definition) is 8. The van der Waals surface area contributed by atoms with Crippen molar-refractivity contribution in [3.8, 4) is 11.1 Å². The highest BCUT2D eigenvalue weighted by atomic mass is 32.2. The molecule has 5 rings (SSSR count). The molecule has 0 spiro atoms. The van der Waals surface area contributed by atoms with Gasteiger partial charge in [-0.1, -0.05) is 30.3 Å². The molecule has 2 fully saturated rings. The van der Waals surface area contributed by atoms with E-state index in [-0.39, 0.29) is 18.5 Å². The number of amides is 1. The van der Waals surface area contributed by atoms with Crippen LogP contribution in [0.25, 0.3) is 21.9 Å². The molecule has 41 heavy (non-hydrogen) atoms. The fourth-order valence-corrected chi connectivity index (χ4v) is 6.22. The highest BCUT2D eigenvalue weighted by molar-refractivity contribution is 7.92. The number of carbonyl (C=O) groups excluding carboxylic acids is 1. The number of nitrogens with zero attached hydrogens (tertiary/aromatic N) is 2. The first-order chi connectivity index (χ1) is 19.8. The molecule has 2 atom stereocenters. The van der Waals surface area contributed by atoms with Crippen LogP contribution >= 0.6 is 0 Å². The van der Waals surface area contributed by atoms with Crippen LogP contribution in [0.3, 0.4) is 0 Å². The van der Waals surface area contributed by atoms with Gasteiger partial charge in [-0.25, -0.2) is 18.7 Å². The molecule has 3 heterocycles. The Labute approximate surface area is 240 Å². The molecule has 0 aliphatic carbocycles. The molecule has 2 aromatic carbocycles. The SMILES string of the molecule is CS(=O)(=O)C(CCn1ccc2cc(-c3ccc(CN4CCOCC4)cc3)ccc2c1=O)C(=O)NOC1CCCCO1. The summed E-state index contributed by atoms with van der Waals surface area (Å²) in [6, 6.07) is 16.0. The predicted octanol–water partition coefficient (Wildman–Crippen LogP) is 2.88. The van der Waals surface area contributed by atoms with Gasteiger partial charge in [-0.15, -0.1) is 0 Å². The molecule has 1 amide bonds. The Kier molecular flexibility index (Phi) is 9.51. The van der Waals surface area contributed by atoms with Crippen molar-refractivity contribution < 1.29 is 27.5 Å². The summed E-state index contributed by atoms with van der Waals surface area (Å²) >= 11 is 0.